The molecule has 8 heteroatoms. The highest BCUT2D eigenvalue weighted by molar-refractivity contribution is 6.30. The lowest BCUT2D eigenvalue weighted by molar-refractivity contribution is -0.123. The highest BCUT2D eigenvalue weighted by Crippen LogP contribution is 2.44. The van der Waals surface area contributed by atoms with Gasteiger partial charge in [-0.3, -0.25) is 9.78 Å². The first kappa shape index (κ1) is 31.6. The second-order valence-corrected chi connectivity index (χ2v) is 13.8. The first-order valence-electron chi connectivity index (χ1n) is 14.2. The Morgan fingerprint density at radius 2 is 1.76 bits per heavy atom. The van der Waals surface area contributed by atoms with E-state index in [2.05, 4.69) is 10.3 Å². The van der Waals surface area contributed by atoms with Crippen LogP contribution in [0.2, 0.25) is 5.02 Å². The number of carbonyl (C=O) groups excluding carboxylic acids is 2. The summed E-state index contributed by atoms with van der Waals surface area (Å²) in [4.78, 5) is 31.2. The smallest absolute Gasteiger partial charge is 0.408 e. The van der Waals surface area contributed by atoms with E-state index in [1.165, 1.54) is 13.0 Å². The van der Waals surface area contributed by atoms with Gasteiger partial charge < -0.3 is 10.1 Å². The highest BCUT2D eigenvalue weighted by atomic mass is 35.5. The molecular formula is C34H39ClF2N2O3. The van der Waals surface area contributed by atoms with Crippen LogP contribution in [-0.2, 0) is 27.0 Å². The fraction of sp³-hybridized carbons (Fsp3) is 0.441. The van der Waals surface area contributed by atoms with E-state index < -0.39 is 35.1 Å². The van der Waals surface area contributed by atoms with Gasteiger partial charge in [-0.1, -0.05) is 44.5 Å². The van der Waals surface area contributed by atoms with E-state index in [1.54, 1.807) is 51.4 Å². The van der Waals surface area contributed by atoms with Gasteiger partial charge in [0.2, 0.25) is 0 Å². The predicted molar refractivity (Wildman–Crippen MR) is 162 cm³/mol. The molecule has 0 fully saturated rings. The van der Waals surface area contributed by atoms with Crippen molar-refractivity contribution in [3.8, 4) is 11.1 Å². The molecule has 0 aliphatic heterocycles. The number of ether oxygens (including phenoxy) is 1. The first-order valence-corrected chi connectivity index (χ1v) is 14.6. The topological polar surface area (TPSA) is 68.3 Å². The maximum absolute atomic E-state index is 16.5. The second-order valence-electron chi connectivity index (χ2n) is 13.4. The molecule has 0 spiro atoms. The Bertz CT molecular complexity index is 1470. The molecule has 1 aromatic heterocycles. The minimum Gasteiger partial charge on any atom is -0.444 e. The Morgan fingerprint density at radius 1 is 1.10 bits per heavy atom. The Kier molecular flexibility index (Phi) is 8.85. The largest absolute Gasteiger partial charge is 0.444 e. The molecule has 3 aromatic rings. The van der Waals surface area contributed by atoms with Crippen molar-refractivity contribution in [3.05, 3.63) is 88.0 Å². The average molecular weight is 597 g/mol. The van der Waals surface area contributed by atoms with E-state index in [-0.39, 0.29) is 28.7 Å². The Hall–Kier alpha value is -3.32. The maximum atomic E-state index is 16.5. The number of pyridine rings is 1. The van der Waals surface area contributed by atoms with Crippen LogP contribution in [-0.4, -0.2) is 28.5 Å². The van der Waals surface area contributed by atoms with Crippen LogP contribution in [0.15, 0.2) is 54.9 Å². The van der Waals surface area contributed by atoms with E-state index in [0.29, 0.717) is 29.0 Å². The molecule has 1 unspecified atom stereocenters. The van der Waals surface area contributed by atoms with Crippen LogP contribution in [0.5, 0.6) is 0 Å². The SMILES string of the molecule is CC(C)(C)OC(=O)N[C@@H]1C[C@@](C)(F)c2cc(F)c(-c3cncc(C(C)(C)C)c3)cc2C(CCc2ccc(Cl)cc2)C1=O. The number of fused-ring (bicyclic) bond motifs is 1. The van der Waals surface area contributed by atoms with Gasteiger partial charge in [-0.25, -0.2) is 13.6 Å². The standard InChI is InChI=1S/C34H39ClF2N2O3/c1-32(2,3)22-14-21(18-38-19-22)25-15-26-24(13-10-20-8-11-23(35)12-9-20)30(40)29(39-31(41)42-33(4,5)6)17-34(7,37)27(26)16-28(25)36/h8-9,11-12,14-16,18-19,24,29H,10,13,17H2,1-7H3,(H,39,41)/t24?,29-,34-/m1/s1. The fourth-order valence-electron chi connectivity index (χ4n) is 5.37. The molecule has 0 bridgehead atoms. The molecule has 0 radical (unpaired) electrons. The molecule has 1 amide bonds. The molecule has 1 N–H and O–H groups in total. The predicted octanol–water partition coefficient (Wildman–Crippen LogP) is 8.61. The quantitative estimate of drug-likeness (QED) is 0.299. The van der Waals surface area contributed by atoms with Crippen molar-refractivity contribution in [2.24, 2.45) is 0 Å². The van der Waals surface area contributed by atoms with E-state index in [0.717, 1.165) is 11.1 Å². The van der Waals surface area contributed by atoms with Crippen molar-refractivity contribution >= 4 is 23.5 Å². The average Bonchev–Trinajstić information content (AvgIpc) is 2.94. The van der Waals surface area contributed by atoms with Crippen LogP contribution in [0.1, 0.15) is 89.5 Å². The lowest BCUT2D eigenvalue weighted by Crippen LogP contribution is -2.46. The number of aryl methyl sites for hydroxylation is 1. The van der Waals surface area contributed by atoms with Gasteiger partial charge in [0.05, 0.1) is 6.04 Å². The summed E-state index contributed by atoms with van der Waals surface area (Å²) < 4.78 is 37.7. The molecule has 3 atom stereocenters. The molecule has 5 nitrogen and oxygen atoms in total. The molecule has 2 aromatic carbocycles. The van der Waals surface area contributed by atoms with Crippen LogP contribution in [0.25, 0.3) is 11.1 Å². The summed E-state index contributed by atoms with van der Waals surface area (Å²) in [5.74, 6) is -1.77. The van der Waals surface area contributed by atoms with E-state index in [4.69, 9.17) is 16.3 Å². The number of rotatable bonds is 5. The summed E-state index contributed by atoms with van der Waals surface area (Å²) in [7, 11) is 0. The number of benzene rings is 2. The zero-order valence-electron chi connectivity index (χ0n) is 25.3. The van der Waals surface area contributed by atoms with Gasteiger partial charge in [0, 0.05) is 40.9 Å². The third kappa shape index (κ3) is 7.35. The van der Waals surface area contributed by atoms with Crippen molar-refractivity contribution in [1.82, 2.24) is 10.3 Å². The molecule has 42 heavy (non-hydrogen) atoms. The minimum atomic E-state index is -2.11. The number of hydrogen-bond donors (Lipinski definition) is 1. The van der Waals surface area contributed by atoms with Gasteiger partial charge in [0.1, 0.15) is 17.1 Å². The summed E-state index contributed by atoms with van der Waals surface area (Å²) in [5, 5.41) is 3.20. The van der Waals surface area contributed by atoms with E-state index >= 15 is 8.78 Å². The van der Waals surface area contributed by atoms with Gasteiger partial charge in [-0.2, -0.15) is 0 Å². The van der Waals surface area contributed by atoms with Crippen LogP contribution >= 0.6 is 11.6 Å². The summed E-state index contributed by atoms with van der Waals surface area (Å²) in [5.41, 5.74) is 0.0260. The van der Waals surface area contributed by atoms with Crippen molar-refractivity contribution < 1.29 is 23.1 Å². The van der Waals surface area contributed by atoms with Crippen molar-refractivity contribution in [3.63, 3.8) is 0 Å². The van der Waals surface area contributed by atoms with Gasteiger partial charge in [0.15, 0.2) is 5.78 Å². The third-order valence-corrected chi connectivity index (χ3v) is 7.84. The lowest BCUT2D eigenvalue weighted by atomic mass is 9.82. The number of hydrogen-bond acceptors (Lipinski definition) is 4. The van der Waals surface area contributed by atoms with Crippen LogP contribution in [0, 0.1) is 5.82 Å². The summed E-state index contributed by atoms with van der Waals surface area (Å²) in [6, 6.07) is 10.8. The number of alkyl halides is 1. The molecule has 0 saturated heterocycles. The summed E-state index contributed by atoms with van der Waals surface area (Å²) >= 11 is 6.06. The molecule has 4 rings (SSSR count). The molecule has 1 heterocycles. The first-order chi connectivity index (χ1) is 19.4. The Morgan fingerprint density at radius 3 is 2.38 bits per heavy atom. The van der Waals surface area contributed by atoms with Gasteiger partial charge in [0.25, 0.3) is 0 Å². The third-order valence-electron chi connectivity index (χ3n) is 7.59. The Labute approximate surface area is 252 Å². The summed E-state index contributed by atoms with van der Waals surface area (Å²) in [6.45, 7) is 12.6. The number of aromatic nitrogens is 1. The zero-order valence-corrected chi connectivity index (χ0v) is 26.0. The number of ketones is 1. The van der Waals surface area contributed by atoms with E-state index in [1.807, 2.05) is 39.0 Å². The molecule has 0 saturated carbocycles. The van der Waals surface area contributed by atoms with Crippen LogP contribution in [0.4, 0.5) is 13.6 Å². The minimum absolute atomic E-state index is 0.103. The number of nitrogens with zero attached hydrogens (tertiary/aromatic N) is 1. The number of halogens is 3. The van der Waals surface area contributed by atoms with Gasteiger partial charge in [-0.05, 0) is 98.5 Å². The molecule has 224 valence electrons. The van der Waals surface area contributed by atoms with Crippen molar-refractivity contribution in [2.75, 3.05) is 0 Å². The highest BCUT2D eigenvalue weighted by Gasteiger charge is 2.44. The number of Topliss-reactive ketones (excluding diaryl/α,β-unsaturated/α-hetero) is 1. The van der Waals surface area contributed by atoms with Crippen molar-refractivity contribution in [1.29, 1.82) is 0 Å². The fourth-order valence-corrected chi connectivity index (χ4v) is 5.50. The monoisotopic (exact) mass is 596 g/mol. The molecule has 1 aliphatic rings. The normalized spacial score (nSPS) is 21.0. The zero-order chi connectivity index (χ0) is 31.0. The van der Waals surface area contributed by atoms with Crippen LogP contribution in [0.3, 0.4) is 0 Å². The van der Waals surface area contributed by atoms with Gasteiger partial charge in [-0.15, -0.1) is 0 Å². The number of alkyl carbamates (subject to hydrolysis) is 1. The lowest BCUT2D eigenvalue weighted by Gasteiger charge is -2.26. The maximum Gasteiger partial charge on any atom is 0.408 e. The number of carbonyl (C=O) groups is 2. The van der Waals surface area contributed by atoms with Gasteiger partial charge >= 0.3 is 6.09 Å². The second kappa shape index (κ2) is 11.8. The number of nitrogens with one attached hydrogen (secondary N) is 1. The van der Waals surface area contributed by atoms with Crippen LogP contribution < -0.4 is 5.32 Å². The molecular weight excluding hydrogens is 558 g/mol. The van der Waals surface area contributed by atoms with Crippen molar-refractivity contribution in [2.45, 2.75) is 96.4 Å². The number of amides is 1. The van der Waals surface area contributed by atoms with E-state index in [9.17, 15) is 9.59 Å². The summed E-state index contributed by atoms with van der Waals surface area (Å²) in [6.07, 6.45) is 2.97. The molecule has 1 aliphatic carbocycles. The Balaban J connectivity index is 1.82.